The van der Waals surface area contributed by atoms with Gasteiger partial charge in [0.15, 0.2) is 0 Å². The van der Waals surface area contributed by atoms with Gasteiger partial charge in [-0.1, -0.05) is 27.2 Å². The molecule has 1 aromatic rings. The van der Waals surface area contributed by atoms with Gasteiger partial charge in [0.25, 0.3) is 11.8 Å². The van der Waals surface area contributed by atoms with E-state index in [1.165, 1.54) is 0 Å². The summed E-state index contributed by atoms with van der Waals surface area (Å²) in [5, 5.41) is 2.80. The average molecular weight is 405 g/mol. The number of amides is 2. The van der Waals surface area contributed by atoms with E-state index in [9.17, 15) is 14.4 Å². The summed E-state index contributed by atoms with van der Waals surface area (Å²) in [6, 6.07) is 0.355. The second kappa shape index (κ2) is 10.6. The van der Waals surface area contributed by atoms with Crippen LogP contribution in [0.3, 0.4) is 0 Å². The van der Waals surface area contributed by atoms with Crippen molar-refractivity contribution in [3.63, 3.8) is 0 Å². The first-order chi connectivity index (χ1) is 13.8. The number of nitrogens with one attached hydrogen (secondary N) is 1. The number of likely N-dealkylation sites (tertiary alicyclic amines) is 1. The van der Waals surface area contributed by atoms with E-state index < -0.39 is 11.3 Å². The molecule has 1 unspecified atom stereocenters. The smallest absolute Gasteiger partial charge is 0.259 e. The predicted octanol–water partition coefficient (Wildman–Crippen LogP) is 2.52. The topological polar surface area (TPSA) is 74.7 Å². The number of hydrogen-bond acceptors (Lipinski definition) is 4. The third-order valence-electron chi connectivity index (χ3n) is 5.71. The van der Waals surface area contributed by atoms with E-state index in [-0.39, 0.29) is 23.1 Å². The van der Waals surface area contributed by atoms with Crippen molar-refractivity contribution in [1.82, 2.24) is 19.7 Å². The highest BCUT2D eigenvalue weighted by molar-refractivity contribution is 5.99. The minimum atomic E-state index is -0.479. The highest BCUT2D eigenvalue weighted by Crippen LogP contribution is 2.18. The van der Waals surface area contributed by atoms with Crippen molar-refractivity contribution in [2.75, 3.05) is 32.7 Å². The Morgan fingerprint density at radius 2 is 1.83 bits per heavy atom. The lowest BCUT2D eigenvalue weighted by Gasteiger charge is -2.26. The van der Waals surface area contributed by atoms with Gasteiger partial charge in [-0.2, -0.15) is 0 Å². The molecule has 1 aromatic heterocycles. The molecule has 0 aliphatic carbocycles. The van der Waals surface area contributed by atoms with Crippen LogP contribution in [-0.4, -0.2) is 64.9 Å². The summed E-state index contributed by atoms with van der Waals surface area (Å²) in [5.74, 6) is -0.683. The normalized spacial score (nSPS) is 16.7. The summed E-state index contributed by atoms with van der Waals surface area (Å²) in [7, 11) is 0. The minimum absolute atomic E-state index is 0.0337. The molecule has 162 valence electrons. The van der Waals surface area contributed by atoms with E-state index in [0.29, 0.717) is 25.7 Å². The van der Waals surface area contributed by atoms with Gasteiger partial charge in [0.05, 0.1) is 0 Å². The molecule has 0 spiro atoms. The number of hydrogen-bond donors (Lipinski definition) is 1. The van der Waals surface area contributed by atoms with Crippen LogP contribution in [-0.2, 0) is 0 Å². The van der Waals surface area contributed by atoms with E-state index in [0.717, 1.165) is 32.4 Å². The van der Waals surface area contributed by atoms with Crippen molar-refractivity contribution >= 4 is 11.8 Å². The highest BCUT2D eigenvalue weighted by atomic mass is 16.2. The highest BCUT2D eigenvalue weighted by Gasteiger charge is 2.31. The maximum absolute atomic E-state index is 13.2. The van der Waals surface area contributed by atoms with Crippen LogP contribution in [0.5, 0.6) is 0 Å². The van der Waals surface area contributed by atoms with Crippen LogP contribution in [0, 0.1) is 0 Å². The molecule has 1 N–H and O–H groups in total. The molecule has 29 heavy (non-hydrogen) atoms. The Bertz CT molecular complexity index is 768. The molecule has 1 aliphatic rings. The van der Waals surface area contributed by atoms with Crippen LogP contribution in [0.25, 0.3) is 0 Å². The van der Waals surface area contributed by atoms with Crippen molar-refractivity contribution in [1.29, 1.82) is 0 Å². The zero-order valence-corrected chi connectivity index (χ0v) is 18.5. The molecule has 0 aromatic carbocycles. The molecule has 1 fully saturated rings. The van der Waals surface area contributed by atoms with Crippen LogP contribution < -0.4 is 10.7 Å². The number of aromatic nitrogens is 1. The summed E-state index contributed by atoms with van der Waals surface area (Å²) in [6.45, 7) is 13.9. The van der Waals surface area contributed by atoms with Crippen molar-refractivity contribution in [2.24, 2.45) is 0 Å². The van der Waals surface area contributed by atoms with Gasteiger partial charge >= 0.3 is 0 Å². The van der Waals surface area contributed by atoms with E-state index in [1.807, 2.05) is 20.8 Å². The molecule has 1 saturated heterocycles. The molecule has 2 heterocycles. The van der Waals surface area contributed by atoms with Gasteiger partial charge in [-0.3, -0.25) is 19.3 Å². The molecule has 7 heteroatoms. The van der Waals surface area contributed by atoms with Crippen LogP contribution in [0.2, 0.25) is 0 Å². The Labute approximate surface area is 174 Å². The Balaban J connectivity index is 2.30. The van der Waals surface area contributed by atoms with Gasteiger partial charge in [0, 0.05) is 44.1 Å². The van der Waals surface area contributed by atoms with Crippen molar-refractivity contribution in [3.05, 3.63) is 33.7 Å². The number of nitrogens with zero attached hydrogens (tertiary/aromatic N) is 3. The maximum atomic E-state index is 13.2. The first kappa shape index (κ1) is 23.1. The van der Waals surface area contributed by atoms with Crippen molar-refractivity contribution < 1.29 is 9.59 Å². The fraction of sp³-hybridized carbons (Fsp3) is 0.682. The fourth-order valence-corrected chi connectivity index (χ4v) is 3.82. The van der Waals surface area contributed by atoms with E-state index in [2.05, 4.69) is 24.1 Å². The summed E-state index contributed by atoms with van der Waals surface area (Å²) in [5.41, 5.74) is -0.352. The summed E-state index contributed by atoms with van der Waals surface area (Å²) in [4.78, 5) is 42.9. The van der Waals surface area contributed by atoms with Crippen molar-refractivity contribution in [3.8, 4) is 0 Å². The van der Waals surface area contributed by atoms with Gasteiger partial charge in [-0.15, -0.1) is 0 Å². The van der Waals surface area contributed by atoms with Gasteiger partial charge in [0.1, 0.15) is 11.1 Å². The number of unbranched alkanes of at least 4 members (excludes halogenated alkanes) is 1. The summed E-state index contributed by atoms with van der Waals surface area (Å²) in [6.07, 6.45) is 5.88. The lowest BCUT2D eigenvalue weighted by molar-refractivity contribution is 0.0775. The SMILES string of the molecule is CCCCNC(=O)c1cn(C(C)C)cc(C(=O)N2CCC(N(CC)CC)C2)c1=O. The maximum Gasteiger partial charge on any atom is 0.259 e. The third-order valence-corrected chi connectivity index (χ3v) is 5.71. The molecule has 1 aliphatic heterocycles. The monoisotopic (exact) mass is 404 g/mol. The average Bonchev–Trinajstić information content (AvgIpc) is 3.18. The molecule has 1 atom stereocenters. The first-order valence-corrected chi connectivity index (χ1v) is 10.9. The number of rotatable bonds is 9. The number of carbonyl (C=O) groups excluding carboxylic acids is 2. The van der Waals surface area contributed by atoms with Crippen LogP contribution >= 0.6 is 0 Å². The molecule has 2 amide bonds. The number of carbonyl (C=O) groups is 2. The Hall–Kier alpha value is -2.15. The van der Waals surface area contributed by atoms with E-state index in [4.69, 9.17) is 0 Å². The molecule has 0 bridgehead atoms. The summed E-state index contributed by atoms with van der Waals surface area (Å²) < 4.78 is 1.78. The van der Waals surface area contributed by atoms with Gasteiger partial charge in [0.2, 0.25) is 5.43 Å². The molecule has 7 nitrogen and oxygen atoms in total. The molecule has 2 rings (SSSR count). The van der Waals surface area contributed by atoms with Gasteiger partial charge in [-0.05, 0) is 39.8 Å². The van der Waals surface area contributed by atoms with Gasteiger partial charge in [-0.25, -0.2) is 0 Å². The second-order valence-electron chi connectivity index (χ2n) is 7.98. The molecular weight excluding hydrogens is 368 g/mol. The zero-order valence-electron chi connectivity index (χ0n) is 18.5. The number of pyridine rings is 1. The lowest BCUT2D eigenvalue weighted by atomic mass is 10.1. The second-order valence-corrected chi connectivity index (χ2v) is 7.98. The minimum Gasteiger partial charge on any atom is -0.352 e. The molecular formula is C22H36N4O3. The van der Waals surface area contributed by atoms with Crippen molar-refractivity contribution in [2.45, 2.75) is 66.0 Å². The fourth-order valence-electron chi connectivity index (χ4n) is 3.82. The Morgan fingerprint density at radius 1 is 1.17 bits per heavy atom. The lowest BCUT2D eigenvalue weighted by Crippen LogP contribution is -2.40. The Kier molecular flexibility index (Phi) is 8.44. The first-order valence-electron chi connectivity index (χ1n) is 10.9. The van der Waals surface area contributed by atoms with Crippen LogP contribution in [0.15, 0.2) is 17.2 Å². The van der Waals surface area contributed by atoms with Gasteiger partial charge < -0.3 is 14.8 Å². The van der Waals surface area contributed by atoms with E-state index in [1.54, 1.807) is 21.9 Å². The molecule has 0 saturated carbocycles. The standard InChI is InChI=1S/C22H36N4O3/c1-6-9-11-23-21(28)18-14-26(16(4)5)15-19(20(18)27)22(29)25-12-10-17(13-25)24(7-2)8-3/h14-17H,6-13H2,1-5H3,(H,23,28). The van der Waals surface area contributed by atoms with Crippen LogP contribution in [0.4, 0.5) is 0 Å². The largest absolute Gasteiger partial charge is 0.352 e. The number of likely N-dealkylation sites (N-methyl/N-ethyl adjacent to an activating group) is 1. The Morgan fingerprint density at radius 3 is 2.41 bits per heavy atom. The third kappa shape index (κ3) is 5.47. The molecule has 0 radical (unpaired) electrons. The zero-order chi connectivity index (χ0) is 21.6. The summed E-state index contributed by atoms with van der Waals surface area (Å²) >= 11 is 0. The van der Waals surface area contributed by atoms with Crippen LogP contribution in [0.1, 0.15) is 80.6 Å². The van der Waals surface area contributed by atoms with E-state index >= 15 is 0 Å². The predicted molar refractivity (Wildman–Crippen MR) is 116 cm³/mol. The quantitative estimate of drug-likeness (QED) is 0.642.